The van der Waals surface area contributed by atoms with Gasteiger partial charge in [-0.05, 0) is 53.6 Å². The predicted molar refractivity (Wildman–Crippen MR) is 104 cm³/mol. The fraction of sp³-hybridized carbons (Fsp3) is 0.316. The molecule has 5 heteroatoms. The van der Waals surface area contributed by atoms with Crippen LogP contribution in [-0.2, 0) is 0 Å². The summed E-state index contributed by atoms with van der Waals surface area (Å²) in [5.41, 5.74) is 2.75. The van der Waals surface area contributed by atoms with E-state index in [1.807, 2.05) is 16.5 Å². The number of imidazole rings is 1. The topological polar surface area (TPSA) is 29.3 Å². The molecule has 4 rings (SSSR count). The summed E-state index contributed by atoms with van der Waals surface area (Å²) in [6, 6.07) is 11.8. The number of aromatic nitrogens is 2. The minimum Gasteiger partial charge on any atom is -0.367 e. The summed E-state index contributed by atoms with van der Waals surface area (Å²) >= 11 is 2.33. The van der Waals surface area contributed by atoms with Crippen molar-refractivity contribution in [3.8, 4) is 11.3 Å². The molecule has 124 valence electrons. The minimum atomic E-state index is -0.249. The minimum absolute atomic E-state index is 0.249. The Labute approximate surface area is 154 Å². The zero-order valence-electron chi connectivity index (χ0n) is 13.3. The van der Waals surface area contributed by atoms with Gasteiger partial charge in [-0.15, -0.1) is 0 Å². The second-order valence-corrected chi connectivity index (χ2v) is 7.51. The second kappa shape index (κ2) is 6.70. The number of fused-ring (bicyclic) bond motifs is 1. The summed E-state index contributed by atoms with van der Waals surface area (Å²) in [6.45, 7) is 0. The van der Waals surface area contributed by atoms with Crippen LogP contribution in [0.3, 0.4) is 0 Å². The van der Waals surface area contributed by atoms with Crippen LogP contribution in [0.1, 0.15) is 32.1 Å². The maximum Gasteiger partial charge on any atom is 0.140 e. The highest BCUT2D eigenvalue weighted by Crippen LogP contribution is 2.33. The Morgan fingerprint density at radius 2 is 1.88 bits per heavy atom. The van der Waals surface area contributed by atoms with E-state index in [0.29, 0.717) is 6.04 Å². The highest BCUT2D eigenvalue weighted by atomic mass is 127. The molecule has 1 aliphatic rings. The lowest BCUT2D eigenvalue weighted by molar-refractivity contribution is 0.461. The van der Waals surface area contributed by atoms with Gasteiger partial charge in [-0.1, -0.05) is 37.5 Å². The Bertz CT molecular complexity index is 868. The van der Waals surface area contributed by atoms with E-state index in [2.05, 4.69) is 40.0 Å². The van der Waals surface area contributed by atoms with E-state index in [1.54, 1.807) is 6.07 Å². The summed E-state index contributed by atoms with van der Waals surface area (Å²) in [5.74, 6) is 0.654. The Morgan fingerprint density at radius 1 is 1.08 bits per heavy atom. The number of hydrogen-bond donors (Lipinski definition) is 1. The van der Waals surface area contributed by atoms with Crippen molar-refractivity contribution in [1.29, 1.82) is 0 Å². The van der Waals surface area contributed by atoms with Crippen LogP contribution in [0.4, 0.5) is 10.2 Å². The molecule has 0 amide bonds. The van der Waals surface area contributed by atoms with Gasteiger partial charge in [-0.2, -0.15) is 0 Å². The van der Waals surface area contributed by atoms with Crippen LogP contribution in [-0.4, -0.2) is 15.4 Å². The van der Waals surface area contributed by atoms with Gasteiger partial charge in [0.1, 0.15) is 23.0 Å². The van der Waals surface area contributed by atoms with Crippen molar-refractivity contribution in [1.82, 2.24) is 9.38 Å². The average molecular weight is 435 g/mol. The molecular weight excluding hydrogens is 416 g/mol. The zero-order valence-corrected chi connectivity index (χ0v) is 15.5. The molecule has 0 unspecified atom stereocenters. The molecule has 24 heavy (non-hydrogen) atoms. The van der Waals surface area contributed by atoms with Gasteiger partial charge in [0.2, 0.25) is 0 Å². The Kier molecular flexibility index (Phi) is 4.43. The summed E-state index contributed by atoms with van der Waals surface area (Å²) in [5, 5.41) is 3.66. The third kappa shape index (κ3) is 3.01. The number of nitrogens with zero attached hydrogens (tertiary/aromatic N) is 2. The number of rotatable bonds is 3. The van der Waals surface area contributed by atoms with Crippen molar-refractivity contribution in [2.24, 2.45) is 0 Å². The molecule has 0 aliphatic heterocycles. The van der Waals surface area contributed by atoms with Gasteiger partial charge in [0, 0.05) is 21.4 Å². The van der Waals surface area contributed by atoms with Crippen molar-refractivity contribution in [2.75, 3.05) is 5.32 Å². The van der Waals surface area contributed by atoms with Crippen LogP contribution in [0, 0.1) is 9.39 Å². The molecule has 3 aromatic rings. The number of pyridine rings is 1. The summed E-state index contributed by atoms with van der Waals surface area (Å²) in [4.78, 5) is 4.78. The number of halogens is 2. The first-order chi connectivity index (χ1) is 11.7. The van der Waals surface area contributed by atoms with Crippen LogP contribution >= 0.6 is 22.6 Å². The SMILES string of the molecule is Fc1ccc2nc(-c3ccccc3I)c(NC3CCCCC3)n2c1. The third-order valence-electron chi connectivity index (χ3n) is 4.66. The van der Waals surface area contributed by atoms with E-state index >= 15 is 0 Å². The lowest BCUT2D eigenvalue weighted by atomic mass is 9.95. The molecular formula is C19H19FIN3. The van der Waals surface area contributed by atoms with Gasteiger partial charge < -0.3 is 5.32 Å². The van der Waals surface area contributed by atoms with E-state index in [-0.39, 0.29) is 5.82 Å². The fourth-order valence-electron chi connectivity index (χ4n) is 3.44. The van der Waals surface area contributed by atoms with E-state index in [4.69, 9.17) is 4.98 Å². The Morgan fingerprint density at radius 3 is 2.67 bits per heavy atom. The van der Waals surface area contributed by atoms with Gasteiger partial charge in [0.25, 0.3) is 0 Å². The van der Waals surface area contributed by atoms with E-state index in [9.17, 15) is 4.39 Å². The van der Waals surface area contributed by atoms with Crippen molar-refractivity contribution >= 4 is 34.1 Å². The van der Waals surface area contributed by atoms with E-state index < -0.39 is 0 Å². The summed E-state index contributed by atoms with van der Waals surface area (Å²) in [7, 11) is 0. The fourth-order valence-corrected chi connectivity index (χ4v) is 4.08. The first-order valence-corrected chi connectivity index (χ1v) is 9.49. The third-order valence-corrected chi connectivity index (χ3v) is 5.60. The van der Waals surface area contributed by atoms with Gasteiger partial charge >= 0.3 is 0 Å². The van der Waals surface area contributed by atoms with Crippen LogP contribution in [0.5, 0.6) is 0 Å². The molecule has 1 aromatic carbocycles. The molecule has 0 atom stereocenters. The standard InChI is InChI=1S/C19H19FIN3/c20-13-10-11-17-23-18(15-8-4-5-9-16(15)21)19(24(17)12-13)22-14-6-2-1-3-7-14/h4-5,8-12,14,22H,1-3,6-7H2. The molecule has 0 bridgehead atoms. The number of nitrogens with one attached hydrogen (secondary N) is 1. The van der Waals surface area contributed by atoms with Gasteiger partial charge in [0.05, 0.1) is 0 Å². The summed E-state index contributed by atoms with van der Waals surface area (Å²) in [6.07, 6.45) is 7.65. The highest BCUT2D eigenvalue weighted by molar-refractivity contribution is 14.1. The number of benzene rings is 1. The van der Waals surface area contributed by atoms with Crippen molar-refractivity contribution in [3.05, 3.63) is 52.0 Å². The van der Waals surface area contributed by atoms with E-state index in [1.165, 1.54) is 31.5 Å². The Balaban J connectivity index is 1.85. The summed E-state index contributed by atoms with van der Waals surface area (Å²) < 4.78 is 16.8. The average Bonchev–Trinajstić information content (AvgIpc) is 2.94. The van der Waals surface area contributed by atoms with Crippen LogP contribution in [0.2, 0.25) is 0 Å². The van der Waals surface area contributed by atoms with Crippen molar-refractivity contribution < 1.29 is 4.39 Å². The number of anilines is 1. The lowest BCUT2D eigenvalue weighted by Gasteiger charge is -2.24. The van der Waals surface area contributed by atoms with Crippen molar-refractivity contribution in [3.63, 3.8) is 0 Å². The quantitative estimate of drug-likeness (QED) is 0.552. The van der Waals surface area contributed by atoms with Crippen LogP contribution < -0.4 is 5.32 Å². The lowest BCUT2D eigenvalue weighted by Crippen LogP contribution is -2.23. The van der Waals surface area contributed by atoms with Gasteiger partial charge in [-0.25, -0.2) is 9.37 Å². The van der Waals surface area contributed by atoms with Crippen LogP contribution in [0.15, 0.2) is 42.6 Å². The molecule has 1 fully saturated rings. The smallest absolute Gasteiger partial charge is 0.140 e. The predicted octanol–water partition coefficient (Wildman–Crippen LogP) is 5.49. The number of hydrogen-bond acceptors (Lipinski definition) is 2. The first-order valence-electron chi connectivity index (χ1n) is 8.41. The second-order valence-electron chi connectivity index (χ2n) is 6.34. The van der Waals surface area contributed by atoms with Crippen LogP contribution in [0.25, 0.3) is 16.9 Å². The first kappa shape index (κ1) is 15.9. The molecule has 1 saturated carbocycles. The van der Waals surface area contributed by atoms with Crippen molar-refractivity contribution in [2.45, 2.75) is 38.1 Å². The van der Waals surface area contributed by atoms with Gasteiger partial charge in [-0.3, -0.25) is 4.40 Å². The highest BCUT2D eigenvalue weighted by Gasteiger charge is 2.20. The van der Waals surface area contributed by atoms with Gasteiger partial charge in [0.15, 0.2) is 0 Å². The Hall–Kier alpha value is -1.63. The largest absolute Gasteiger partial charge is 0.367 e. The monoisotopic (exact) mass is 435 g/mol. The molecule has 0 saturated heterocycles. The molecule has 0 radical (unpaired) electrons. The maximum atomic E-state index is 13.8. The maximum absolute atomic E-state index is 13.8. The molecule has 2 heterocycles. The zero-order chi connectivity index (χ0) is 16.5. The molecule has 1 N–H and O–H groups in total. The molecule has 3 nitrogen and oxygen atoms in total. The molecule has 1 aliphatic carbocycles. The normalized spacial score (nSPS) is 15.8. The molecule has 2 aromatic heterocycles. The van der Waals surface area contributed by atoms with E-state index in [0.717, 1.165) is 39.1 Å². The molecule has 0 spiro atoms.